The van der Waals surface area contributed by atoms with Crippen molar-refractivity contribution in [2.45, 2.75) is 19.8 Å². The van der Waals surface area contributed by atoms with Crippen LogP contribution in [0.1, 0.15) is 30.1 Å². The quantitative estimate of drug-likeness (QED) is 0.837. The summed E-state index contributed by atoms with van der Waals surface area (Å²) in [5.74, 6) is -0.809. The smallest absolute Gasteiger partial charge is 0.256 e. The minimum atomic E-state index is -0.544. The summed E-state index contributed by atoms with van der Waals surface area (Å²) in [6, 6.07) is 4.66. The monoisotopic (exact) mass is 327 g/mol. The molecule has 1 heterocycles. The van der Waals surface area contributed by atoms with E-state index in [1.54, 1.807) is 17.0 Å². The normalized spacial score (nSPS) is 19.6. The van der Waals surface area contributed by atoms with Gasteiger partial charge in [0.25, 0.3) is 5.91 Å². The fourth-order valence-electron chi connectivity index (χ4n) is 2.29. The minimum absolute atomic E-state index is 0.0542. The molecule has 1 aromatic rings. The maximum atomic E-state index is 13.9. The summed E-state index contributed by atoms with van der Waals surface area (Å²) in [5, 5.41) is 0. The van der Waals surface area contributed by atoms with Crippen molar-refractivity contribution < 1.29 is 14.0 Å². The lowest BCUT2D eigenvalue weighted by atomic mass is 9.93. The molecule has 0 saturated carbocycles. The molecule has 3 nitrogen and oxygen atoms in total. The highest BCUT2D eigenvalue weighted by atomic mass is 79.9. The minimum Gasteiger partial charge on any atom is -0.337 e. The molecule has 1 amide bonds. The molecule has 1 aliphatic heterocycles. The zero-order valence-corrected chi connectivity index (χ0v) is 12.2. The van der Waals surface area contributed by atoms with Gasteiger partial charge in [-0.25, -0.2) is 4.39 Å². The molecule has 0 aromatic heterocycles. The number of rotatable bonds is 2. The Kier molecular flexibility index (Phi) is 4.34. The number of amides is 1. The second-order valence-corrected chi connectivity index (χ2v) is 5.53. The van der Waals surface area contributed by atoms with Crippen LogP contribution in [-0.2, 0) is 4.79 Å². The van der Waals surface area contributed by atoms with Gasteiger partial charge in [0.15, 0.2) is 0 Å². The van der Waals surface area contributed by atoms with E-state index in [0.29, 0.717) is 25.9 Å². The molecule has 1 atom stereocenters. The van der Waals surface area contributed by atoms with Crippen molar-refractivity contribution in [1.82, 2.24) is 4.90 Å². The van der Waals surface area contributed by atoms with E-state index < -0.39 is 5.82 Å². The number of piperidine rings is 1. The Balaban J connectivity index is 2.20. The number of Topliss-reactive ketones (excluding diaryl/α,β-unsaturated/α-hetero) is 1. The lowest BCUT2D eigenvalue weighted by Gasteiger charge is -2.31. The number of ketones is 1. The average Bonchev–Trinajstić information content (AvgIpc) is 2.41. The van der Waals surface area contributed by atoms with Gasteiger partial charge in [0.1, 0.15) is 11.6 Å². The van der Waals surface area contributed by atoms with Crippen LogP contribution in [0.5, 0.6) is 0 Å². The van der Waals surface area contributed by atoms with Gasteiger partial charge in [0.05, 0.1) is 10.0 Å². The number of nitrogens with zero attached hydrogens (tertiary/aromatic N) is 1. The van der Waals surface area contributed by atoms with E-state index >= 15 is 0 Å². The van der Waals surface area contributed by atoms with E-state index in [1.165, 1.54) is 6.07 Å². The lowest BCUT2D eigenvalue weighted by molar-refractivity contribution is -0.125. The number of hydrogen-bond acceptors (Lipinski definition) is 2. The highest BCUT2D eigenvalue weighted by molar-refractivity contribution is 9.10. The van der Waals surface area contributed by atoms with Crippen LogP contribution in [0.4, 0.5) is 4.39 Å². The maximum Gasteiger partial charge on any atom is 0.256 e. The van der Waals surface area contributed by atoms with Crippen LogP contribution in [0.2, 0.25) is 0 Å². The highest BCUT2D eigenvalue weighted by Crippen LogP contribution is 2.23. The van der Waals surface area contributed by atoms with Crippen molar-refractivity contribution >= 4 is 27.6 Å². The first-order chi connectivity index (χ1) is 9.04. The molecule has 2 rings (SSSR count). The molecule has 1 fully saturated rings. The summed E-state index contributed by atoms with van der Waals surface area (Å²) in [6.45, 7) is 2.69. The molecule has 0 aliphatic carbocycles. The second-order valence-electron chi connectivity index (χ2n) is 4.67. The van der Waals surface area contributed by atoms with Crippen LogP contribution in [0.3, 0.4) is 0 Å². The van der Waals surface area contributed by atoms with Crippen molar-refractivity contribution in [3.05, 3.63) is 34.1 Å². The van der Waals surface area contributed by atoms with Crippen LogP contribution >= 0.6 is 15.9 Å². The third kappa shape index (κ3) is 2.86. The zero-order chi connectivity index (χ0) is 14.0. The molecular formula is C14H15BrFNO2. The van der Waals surface area contributed by atoms with Crippen LogP contribution in [0, 0.1) is 11.7 Å². The van der Waals surface area contributed by atoms with Gasteiger partial charge in [-0.05, 0) is 34.5 Å². The number of carbonyl (C=O) groups is 2. The molecule has 5 heteroatoms. The van der Waals surface area contributed by atoms with Crippen molar-refractivity contribution in [3.8, 4) is 0 Å². The first kappa shape index (κ1) is 14.2. The number of hydrogen-bond donors (Lipinski definition) is 0. The Morgan fingerprint density at radius 1 is 1.53 bits per heavy atom. The summed E-state index contributed by atoms with van der Waals surface area (Å²) in [5.41, 5.74) is 0.0542. The molecule has 0 radical (unpaired) electrons. The Morgan fingerprint density at radius 2 is 2.26 bits per heavy atom. The summed E-state index contributed by atoms with van der Waals surface area (Å²) in [7, 11) is 0. The summed E-state index contributed by atoms with van der Waals surface area (Å²) in [4.78, 5) is 25.5. The van der Waals surface area contributed by atoms with E-state index in [0.717, 1.165) is 0 Å². The van der Waals surface area contributed by atoms with Gasteiger partial charge in [-0.2, -0.15) is 0 Å². The second kappa shape index (κ2) is 5.82. The van der Waals surface area contributed by atoms with Gasteiger partial charge in [0, 0.05) is 25.4 Å². The molecule has 1 aromatic carbocycles. The van der Waals surface area contributed by atoms with Gasteiger partial charge >= 0.3 is 0 Å². The van der Waals surface area contributed by atoms with Crippen LogP contribution in [-0.4, -0.2) is 29.7 Å². The number of halogens is 2. The molecule has 1 aliphatic rings. The standard InChI is InChI=1S/C14H15BrFNO2/c1-2-9-8-17(7-6-12(9)18)14(19)10-4-3-5-11(15)13(10)16/h3-5,9H,2,6-8H2,1H3. The van der Waals surface area contributed by atoms with Gasteiger partial charge in [-0.3, -0.25) is 9.59 Å². The Morgan fingerprint density at radius 3 is 2.95 bits per heavy atom. The van der Waals surface area contributed by atoms with Crippen molar-refractivity contribution in [1.29, 1.82) is 0 Å². The van der Waals surface area contributed by atoms with Gasteiger partial charge in [-0.15, -0.1) is 0 Å². The Labute approximate surface area is 119 Å². The lowest BCUT2D eigenvalue weighted by Crippen LogP contribution is -2.44. The van der Waals surface area contributed by atoms with Crippen molar-refractivity contribution in [3.63, 3.8) is 0 Å². The largest absolute Gasteiger partial charge is 0.337 e. The van der Waals surface area contributed by atoms with Crippen LogP contribution in [0.15, 0.2) is 22.7 Å². The molecular weight excluding hydrogens is 313 g/mol. The topological polar surface area (TPSA) is 37.4 Å². The molecule has 19 heavy (non-hydrogen) atoms. The molecule has 102 valence electrons. The van der Waals surface area contributed by atoms with E-state index in [2.05, 4.69) is 15.9 Å². The SMILES string of the molecule is CCC1CN(C(=O)c2cccc(Br)c2F)CCC1=O. The van der Waals surface area contributed by atoms with Gasteiger partial charge in [-0.1, -0.05) is 13.0 Å². The Hall–Kier alpha value is -1.23. The first-order valence-corrected chi connectivity index (χ1v) is 7.10. The van der Waals surface area contributed by atoms with Crippen LogP contribution in [0.25, 0.3) is 0 Å². The number of carbonyl (C=O) groups excluding carboxylic acids is 2. The third-order valence-corrected chi connectivity index (χ3v) is 4.10. The van der Waals surface area contributed by atoms with Crippen LogP contribution < -0.4 is 0 Å². The molecule has 1 saturated heterocycles. The van der Waals surface area contributed by atoms with Gasteiger partial charge < -0.3 is 4.90 Å². The van der Waals surface area contributed by atoms with Crippen molar-refractivity contribution in [2.75, 3.05) is 13.1 Å². The Bertz CT molecular complexity index is 518. The summed E-state index contributed by atoms with van der Waals surface area (Å²) >= 11 is 3.07. The van der Waals surface area contributed by atoms with Crippen molar-refractivity contribution in [2.24, 2.45) is 5.92 Å². The average molecular weight is 328 g/mol. The zero-order valence-electron chi connectivity index (χ0n) is 10.7. The fourth-order valence-corrected chi connectivity index (χ4v) is 2.66. The molecule has 0 bridgehead atoms. The number of likely N-dealkylation sites (tertiary alicyclic amines) is 1. The summed E-state index contributed by atoms with van der Waals surface area (Å²) in [6.07, 6.45) is 1.07. The predicted molar refractivity (Wildman–Crippen MR) is 73.4 cm³/mol. The summed E-state index contributed by atoms with van der Waals surface area (Å²) < 4.78 is 14.2. The fraction of sp³-hybridized carbons (Fsp3) is 0.429. The number of benzene rings is 1. The third-order valence-electron chi connectivity index (χ3n) is 3.49. The molecule has 0 N–H and O–H groups in total. The predicted octanol–water partition coefficient (Wildman–Crippen LogP) is 3.03. The molecule has 1 unspecified atom stereocenters. The molecule has 0 spiro atoms. The van der Waals surface area contributed by atoms with E-state index in [4.69, 9.17) is 0 Å². The van der Waals surface area contributed by atoms with E-state index in [-0.39, 0.29) is 27.6 Å². The highest BCUT2D eigenvalue weighted by Gasteiger charge is 2.30. The van der Waals surface area contributed by atoms with Gasteiger partial charge in [0.2, 0.25) is 0 Å². The first-order valence-electron chi connectivity index (χ1n) is 6.30. The van der Waals surface area contributed by atoms with E-state index in [9.17, 15) is 14.0 Å². The van der Waals surface area contributed by atoms with E-state index in [1.807, 2.05) is 6.92 Å². The maximum absolute atomic E-state index is 13.9.